The molecule has 0 radical (unpaired) electrons. The van der Waals surface area contributed by atoms with Crippen molar-refractivity contribution in [2.45, 2.75) is 32.4 Å². The summed E-state index contributed by atoms with van der Waals surface area (Å²) in [5, 5.41) is 26.7. The Labute approximate surface area is 191 Å². The van der Waals surface area contributed by atoms with Gasteiger partial charge in [-0.15, -0.1) is 45.5 Å². The highest BCUT2D eigenvalue weighted by molar-refractivity contribution is 14.0. The summed E-state index contributed by atoms with van der Waals surface area (Å²) >= 11 is 1.63. The molecule has 1 aliphatic heterocycles. The van der Waals surface area contributed by atoms with E-state index in [1.807, 2.05) is 19.1 Å². The summed E-state index contributed by atoms with van der Waals surface area (Å²) in [6.45, 7) is 4.19. The number of nitrogens with one attached hydrogen (secondary N) is 2. The molecule has 2 unspecified atom stereocenters. The molecule has 156 valence electrons. The lowest BCUT2D eigenvalue weighted by Gasteiger charge is -2.25. The van der Waals surface area contributed by atoms with Gasteiger partial charge in [0, 0.05) is 42.7 Å². The second-order valence-corrected chi connectivity index (χ2v) is 8.33. The normalized spacial score (nSPS) is 17.5. The second-order valence-electron chi connectivity index (χ2n) is 7.22. The minimum atomic E-state index is -0.562. The molecular formula is C20H27IN6OS. The van der Waals surface area contributed by atoms with Gasteiger partial charge in [-0.3, -0.25) is 4.99 Å². The Bertz CT molecular complexity index is 951. The van der Waals surface area contributed by atoms with Gasteiger partial charge in [0.2, 0.25) is 0 Å². The third kappa shape index (κ3) is 5.07. The highest BCUT2D eigenvalue weighted by Gasteiger charge is 2.21. The van der Waals surface area contributed by atoms with Gasteiger partial charge in [0.25, 0.3) is 0 Å². The highest BCUT2D eigenvalue weighted by atomic mass is 127. The lowest BCUT2D eigenvalue weighted by Crippen LogP contribution is -2.42. The van der Waals surface area contributed by atoms with E-state index in [-0.39, 0.29) is 24.0 Å². The van der Waals surface area contributed by atoms with Gasteiger partial charge in [-0.2, -0.15) is 0 Å². The molecule has 0 fully saturated rings. The van der Waals surface area contributed by atoms with Crippen molar-refractivity contribution in [3.05, 3.63) is 46.9 Å². The number of aliphatic hydroxyl groups excluding tert-OH is 1. The predicted molar refractivity (Wildman–Crippen MR) is 128 cm³/mol. The maximum Gasteiger partial charge on any atom is 0.191 e. The molecule has 3 aromatic rings. The summed E-state index contributed by atoms with van der Waals surface area (Å²) in [4.78, 5) is 5.25. The van der Waals surface area contributed by atoms with E-state index in [4.69, 9.17) is 0 Å². The monoisotopic (exact) mass is 526 g/mol. The average molecular weight is 526 g/mol. The van der Waals surface area contributed by atoms with E-state index in [0.29, 0.717) is 18.4 Å². The molecule has 0 spiro atoms. The Morgan fingerprint density at radius 2 is 2.17 bits per heavy atom. The van der Waals surface area contributed by atoms with Crippen LogP contribution in [0, 0.1) is 12.8 Å². The second kappa shape index (κ2) is 9.86. The zero-order valence-electron chi connectivity index (χ0n) is 16.6. The summed E-state index contributed by atoms with van der Waals surface area (Å²) in [6, 6.07) is 10.3. The molecule has 4 rings (SSSR count). The molecule has 9 heteroatoms. The molecule has 0 saturated carbocycles. The number of fused-ring (bicyclic) bond motifs is 2. The topological polar surface area (TPSA) is 87.4 Å². The summed E-state index contributed by atoms with van der Waals surface area (Å²) in [7, 11) is 1.75. The van der Waals surface area contributed by atoms with E-state index in [9.17, 15) is 5.11 Å². The molecule has 0 bridgehead atoms. The third-order valence-electron chi connectivity index (χ3n) is 5.25. The number of nitrogens with zero attached hydrogens (tertiary/aromatic N) is 4. The van der Waals surface area contributed by atoms with Gasteiger partial charge >= 0.3 is 0 Å². The molecular weight excluding hydrogens is 499 g/mol. The minimum absolute atomic E-state index is 0. The van der Waals surface area contributed by atoms with Crippen molar-refractivity contribution in [3.8, 4) is 0 Å². The van der Waals surface area contributed by atoms with Crippen LogP contribution in [0.5, 0.6) is 0 Å². The first-order valence-corrected chi connectivity index (χ1v) is 10.5. The predicted octanol–water partition coefficient (Wildman–Crippen LogP) is 2.88. The van der Waals surface area contributed by atoms with Crippen LogP contribution in [-0.2, 0) is 13.0 Å². The number of hydrogen-bond acceptors (Lipinski definition) is 5. The SMILES string of the molecule is CN=C(NCC1CCc2nnc(C)n2C1)NCC(O)c1cc2ccccc2s1.I. The van der Waals surface area contributed by atoms with Gasteiger partial charge in [0.05, 0.1) is 0 Å². The largest absolute Gasteiger partial charge is 0.386 e. The fourth-order valence-electron chi connectivity index (χ4n) is 3.62. The lowest BCUT2D eigenvalue weighted by molar-refractivity contribution is 0.184. The Balaban J connectivity index is 0.00000240. The fourth-order valence-corrected chi connectivity index (χ4v) is 4.67. The quantitative estimate of drug-likeness (QED) is 0.271. The lowest BCUT2D eigenvalue weighted by atomic mass is 9.99. The van der Waals surface area contributed by atoms with Crippen LogP contribution in [-0.4, -0.2) is 46.0 Å². The summed E-state index contributed by atoms with van der Waals surface area (Å²) < 4.78 is 3.40. The molecule has 1 aliphatic rings. The van der Waals surface area contributed by atoms with E-state index >= 15 is 0 Å². The van der Waals surface area contributed by atoms with Gasteiger partial charge in [-0.25, -0.2) is 0 Å². The molecule has 3 N–H and O–H groups in total. The Morgan fingerprint density at radius 1 is 1.34 bits per heavy atom. The summed E-state index contributed by atoms with van der Waals surface area (Å²) in [6.07, 6.45) is 1.49. The van der Waals surface area contributed by atoms with Crippen molar-refractivity contribution in [2.24, 2.45) is 10.9 Å². The van der Waals surface area contributed by atoms with Crippen molar-refractivity contribution in [2.75, 3.05) is 20.1 Å². The van der Waals surface area contributed by atoms with Crippen molar-refractivity contribution in [1.82, 2.24) is 25.4 Å². The number of halogens is 1. The summed E-state index contributed by atoms with van der Waals surface area (Å²) in [5.74, 6) is 3.29. The fraction of sp³-hybridized carbons (Fsp3) is 0.450. The number of aromatic nitrogens is 3. The highest BCUT2D eigenvalue weighted by Crippen LogP contribution is 2.29. The van der Waals surface area contributed by atoms with Crippen LogP contribution in [0.2, 0.25) is 0 Å². The number of guanidine groups is 1. The first-order valence-electron chi connectivity index (χ1n) is 9.63. The van der Waals surface area contributed by atoms with Crippen LogP contribution in [0.4, 0.5) is 0 Å². The Kier molecular flexibility index (Phi) is 7.47. The van der Waals surface area contributed by atoms with Gasteiger partial charge in [-0.1, -0.05) is 18.2 Å². The smallest absolute Gasteiger partial charge is 0.191 e. The molecule has 2 aromatic heterocycles. The van der Waals surface area contributed by atoms with Crippen LogP contribution in [0.1, 0.15) is 29.1 Å². The summed E-state index contributed by atoms with van der Waals surface area (Å²) in [5.41, 5.74) is 0. The van der Waals surface area contributed by atoms with Crippen molar-refractivity contribution >= 4 is 51.4 Å². The van der Waals surface area contributed by atoms with Crippen LogP contribution >= 0.6 is 35.3 Å². The Hall–Kier alpha value is -1.72. The van der Waals surface area contributed by atoms with Gasteiger partial charge in [0.15, 0.2) is 5.96 Å². The molecule has 0 aliphatic carbocycles. The first kappa shape index (κ1) is 22.0. The molecule has 0 saturated heterocycles. The molecule has 3 heterocycles. The maximum absolute atomic E-state index is 10.5. The van der Waals surface area contributed by atoms with Crippen LogP contribution < -0.4 is 10.6 Å². The number of aliphatic hydroxyl groups is 1. The van der Waals surface area contributed by atoms with Gasteiger partial charge in [-0.05, 0) is 36.8 Å². The number of aryl methyl sites for hydroxylation is 2. The van der Waals surface area contributed by atoms with E-state index < -0.39 is 6.10 Å². The van der Waals surface area contributed by atoms with Crippen LogP contribution in [0.25, 0.3) is 10.1 Å². The molecule has 29 heavy (non-hydrogen) atoms. The number of aliphatic imine (C=N–C) groups is 1. The standard InChI is InChI=1S/C20H26N6OS.HI/c1-13-24-25-19-8-7-14(12-26(13)19)10-22-20(21-2)23-11-16(27)18-9-15-5-3-4-6-17(15)28-18;/h3-6,9,14,16,27H,7-8,10-12H2,1-2H3,(H2,21,22,23);1H. The van der Waals surface area contributed by atoms with E-state index in [1.165, 1.54) is 10.1 Å². The Morgan fingerprint density at radius 3 is 2.97 bits per heavy atom. The van der Waals surface area contributed by atoms with Crippen LogP contribution in [0.15, 0.2) is 35.3 Å². The number of benzene rings is 1. The molecule has 0 amide bonds. The molecule has 7 nitrogen and oxygen atoms in total. The van der Waals surface area contributed by atoms with E-state index in [1.54, 1.807) is 18.4 Å². The zero-order valence-corrected chi connectivity index (χ0v) is 19.8. The number of hydrogen-bond donors (Lipinski definition) is 3. The molecule has 2 atom stereocenters. The van der Waals surface area contributed by atoms with Crippen molar-refractivity contribution in [1.29, 1.82) is 0 Å². The number of thiophene rings is 1. The van der Waals surface area contributed by atoms with E-state index in [0.717, 1.165) is 42.5 Å². The van der Waals surface area contributed by atoms with Crippen molar-refractivity contribution in [3.63, 3.8) is 0 Å². The average Bonchev–Trinajstić information content (AvgIpc) is 3.31. The first-order chi connectivity index (χ1) is 13.6. The zero-order chi connectivity index (χ0) is 19.5. The number of rotatable bonds is 5. The third-order valence-corrected chi connectivity index (χ3v) is 6.46. The maximum atomic E-state index is 10.5. The molecule has 1 aromatic carbocycles. The van der Waals surface area contributed by atoms with Gasteiger partial charge in [0.1, 0.15) is 17.8 Å². The minimum Gasteiger partial charge on any atom is -0.386 e. The van der Waals surface area contributed by atoms with Gasteiger partial charge < -0.3 is 20.3 Å². The van der Waals surface area contributed by atoms with Crippen molar-refractivity contribution < 1.29 is 5.11 Å². The van der Waals surface area contributed by atoms with E-state index in [2.05, 4.69) is 48.6 Å². The van der Waals surface area contributed by atoms with Crippen LogP contribution in [0.3, 0.4) is 0 Å².